The molecular formula is C22H27FN2. The van der Waals surface area contributed by atoms with Gasteiger partial charge in [-0.2, -0.15) is 5.26 Å². The second-order valence-electron chi connectivity index (χ2n) is 6.99. The normalized spacial score (nSPS) is 21.6. The largest absolute Gasteiger partial charge is 0.257 e. The lowest BCUT2D eigenvalue weighted by Gasteiger charge is -2.42. The Bertz CT molecular complexity index is 724. The van der Waals surface area contributed by atoms with E-state index in [0.717, 1.165) is 24.1 Å². The summed E-state index contributed by atoms with van der Waals surface area (Å²) < 4.78 is 14.6. The van der Waals surface area contributed by atoms with Gasteiger partial charge in [0.25, 0.3) is 0 Å². The summed E-state index contributed by atoms with van der Waals surface area (Å²) in [5.74, 6) is 0.0210. The van der Waals surface area contributed by atoms with Crippen LogP contribution in [0.2, 0.25) is 0 Å². The summed E-state index contributed by atoms with van der Waals surface area (Å²) in [6.45, 7) is 8.71. The predicted octanol–water partition coefficient (Wildman–Crippen LogP) is 6.25. The fourth-order valence-corrected chi connectivity index (χ4v) is 3.60. The van der Waals surface area contributed by atoms with Crippen molar-refractivity contribution in [1.82, 2.24) is 4.98 Å². The van der Waals surface area contributed by atoms with E-state index in [-0.39, 0.29) is 29.2 Å². The summed E-state index contributed by atoms with van der Waals surface area (Å²) in [7, 11) is 0. The second-order valence-corrected chi connectivity index (χ2v) is 6.99. The summed E-state index contributed by atoms with van der Waals surface area (Å²) in [5.41, 5.74) is 1.71. The molecule has 132 valence electrons. The van der Waals surface area contributed by atoms with Gasteiger partial charge in [0.05, 0.1) is 11.3 Å². The quantitative estimate of drug-likeness (QED) is 0.575. The Labute approximate surface area is 150 Å². The van der Waals surface area contributed by atoms with Gasteiger partial charge < -0.3 is 0 Å². The zero-order valence-corrected chi connectivity index (χ0v) is 15.6. The zero-order valence-electron chi connectivity index (χ0n) is 15.6. The highest BCUT2D eigenvalue weighted by atomic mass is 19.1. The van der Waals surface area contributed by atoms with Gasteiger partial charge in [-0.1, -0.05) is 52.3 Å². The Balaban J connectivity index is 2.61. The van der Waals surface area contributed by atoms with Gasteiger partial charge in [-0.25, -0.2) is 4.39 Å². The zero-order chi connectivity index (χ0) is 18.4. The third-order valence-corrected chi connectivity index (χ3v) is 5.57. The van der Waals surface area contributed by atoms with Gasteiger partial charge >= 0.3 is 0 Å². The Kier molecular flexibility index (Phi) is 6.31. The third kappa shape index (κ3) is 3.90. The highest BCUT2D eigenvalue weighted by Crippen LogP contribution is 2.50. The van der Waals surface area contributed by atoms with Crippen molar-refractivity contribution in [2.75, 3.05) is 0 Å². The molecule has 0 amide bonds. The lowest BCUT2D eigenvalue weighted by Crippen LogP contribution is -2.34. The van der Waals surface area contributed by atoms with Crippen LogP contribution in [0.1, 0.15) is 52.7 Å². The molecule has 1 aliphatic rings. The number of hydrogen-bond acceptors (Lipinski definition) is 2. The summed E-state index contributed by atoms with van der Waals surface area (Å²) in [6.07, 6.45) is 10.1. The molecule has 0 N–H and O–H groups in total. The fourth-order valence-electron chi connectivity index (χ4n) is 3.60. The Morgan fingerprint density at radius 1 is 1.44 bits per heavy atom. The number of pyridine rings is 1. The van der Waals surface area contributed by atoms with Gasteiger partial charge in [0.15, 0.2) is 0 Å². The van der Waals surface area contributed by atoms with Crippen molar-refractivity contribution in [2.24, 2.45) is 17.3 Å². The van der Waals surface area contributed by atoms with E-state index in [0.29, 0.717) is 5.92 Å². The number of rotatable bonds is 6. The fraction of sp³-hybridized carbons (Fsp3) is 0.455. The van der Waals surface area contributed by atoms with Crippen molar-refractivity contribution in [3.63, 3.8) is 0 Å². The van der Waals surface area contributed by atoms with Gasteiger partial charge in [0, 0.05) is 18.5 Å². The number of aromatic nitrogens is 1. The van der Waals surface area contributed by atoms with Crippen molar-refractivity contribution >= 4 is 5.57 Å². The topological polar surface area (TPSA) is 36.7 Å². The van der Waals surface area contributed by atoms with Crippen LogP contribution in [0, 0.1) is 28.6 Å². The highest BCUT2D eigenvalue weighted by molar-refractivity contribution is 5.72. The first-order valence-electron chi connectivity index (χ1n) is 9.07. The number of halogens is 1. The molecule has 2 nitrogen and oxygen atoms in total. The third-order valence-electron chi connectivity index (χ3n) is 5.57. The van der Waals surface area contributed by atoms with E-state index >= 15 is 0 Å². The van der Waals surface area contributed by atoms with Gasteiger partial charge in [-0.05, 0) is 41.5 Å². The molecule has 0 fully saturated rings. The smallest absolute Gasteiger partial charge is 0.118 e. The first kappa shape index (κ1) is 19.1. The molecule has 0 aliphatic heterocycles. The van der Waals surface area contributed by atoms with Crippen LogP contribution in [0.25, 0.3) is 5.57 Å². The maximum absolute atomic E-state index is 14.6. The number of allylic oxidation sites excluding steroid dienone is 6. The van der Waals surface area contributed by atoms with E-state index in [1.165, 1.54) is 0 Å². The van der Waals surface area contributed by atoms with E-state index in [4.69, 9.17) is 0 Å². The summed E-state index contributed by atoms with van der Waals surface area (Å²) in [4.78, 5) is 4.48. The SMILES string of the molecule is CCC=CC(C)(C(C)CC)C1CC(F)=C(C#N)C=C1c1ccccn1. The van der Waals surface area contributed by atoms with Crippen LogP contribution < -0.4 is 0 Å². The molecule has 0 bridgehead atoms. The van der Waals surface area contributed by atoms with Crippen molar-refractivity contribution in [2.45, 2.75) is 47.0 Å². The van der Waals surface area contributed by atoms with Crippen LogP contribution in [0.3, 0.4) is 0 Å². The monoisotopic (exact) mass is 338 g/mol. The standard InChI is InChI=1S/C22H27FN2/c1-5-7-11-22(4,16(3)6-2)19-14-20(23)17(15-24)13-18(19)21-10-8-9-12-25-21/h7-13,16,19H,5-6,14H2,1-4H3. The van der Waals surface area contributed by atoms with Crippen LogP contribution in [0.4, 0.5) is 4.39 Å². The minimum absolute atomic E-state index is 0.0442. The molecule has 0 aromatic carbocycles. The average Bonchev–Trinajstić information content (AvgIpc) is 2.65. The Hall–Kier alpha value is -2.21. The first-order valence-corrected chi connectivity index (χ1v) is 9.07. The number of nitrogens with zero attached hydrogens (tertiary/aromatic N) is 2. The minimum atomic E-state index is -0.313. The van der Waals surface area contributed by atoms with Crippen LogP contribution in [-0.4, -0.2) is 4.98 Å². The molecule has 1 aromatic heterocycles. The Morgan fingerprint density at radius 2 is 2.20 bits per heavy atom. The molecule has 0 radical (unpaired) electrons. The average molecular weight is 338 g/mol. The van der Waals surface area contributed by atoms with E-state index in [2.05, 4.69) is 44.8 Å². The molecule has 1 heterocycles. The number of hydrogen-bond donors (Lipinski definition) is 0. The molecule has 3 atom stereocenters. The molecule has 0 spiro atoms. The van der Waals surface area contributed by atoms with Crippen molar-refractivity contribution in [3.05, 3.63) is 59.7 Å². The second kappa shape index (κ2) is 8.25. The lowest BCUT2D eigenvalue weighted by atomic mass is 9.61. The van der Waals surface area contributed by atoms with Crippen LogP contribution in [-0.2, 0) is 0 Å². The lowest BCUT2D eigenvalue weighted by molar-refractivity contribution is 0.191. The molecule has 25 heavy (non-hydrogen) atoms. The molecule has 0 saturated carbocycles. The van der Waals surface area contributed by atoms with Crippen LogP contribution in [0.5, 0.6) is 0 Å². The van der Waals surface area contributed by atoms with Crippen molar-refractivity contribution in [3.8, 4) is 6.07 Å². The van der Waals surface area contributed by atoms with Gasteiger partial charge in [0.2, 0.25) is 0 Å². The maximum atomic E-state index is 14.6. The molecule has 2 rings (SSSR count). The molecular weight excluding hydrogens is 311 g/mol. The number of nitriles is 1. The first-order chi connectivity index (χ1) is 12.0. The molecule has 3 unspecified atom stereocenters. The highest BCUT2D eigenvalue weighted by Gasteiger charge is 2.41. The minimum Gasteiger partial charge on any atom is -0.257 e. The van der Waals surface area contributed by atoms with Gasteiger partial charge in [-0.15, -0.1) is 0 Å². The molecule has 3 heteroatoms. The van der Waals surface area contributed by atoms with E-state index in [9.17, 15) is 9.65 Å². The van der Waals surface area contributed by atoms with E-state index < -0.39 is 0 Å². The summed E-state index contributed by atoms with van der Waals surface area (Å²) >= 11 is 0. The van der Waals surface area contributed by atoms with Crippen molar-refractivity contribution < 1.29 is 4.39 Å². The molecule has 1 aromatic rings. The molecule has 0 saturated heterocycles. The van der Waals surface area contributed by atoms with Crippen molar-refractivity contribution in [1.29, 1.82) is 5.26 Å². The summed E-state index contributed by atoms with van der Waals surface area (Å²) in [5, 5.41) is 9.29. The maximum Gasteiger partial charge on any atom is 0.118 e. The molecule has 1 aliphatic carbocycles. The van der Waals surface area contributed by atoms with Crippen LogP contribution in [0.15, 0.2) is 54.0 Å². The van der Waals surface area contributed by atoms with E-state index in [1.807, 2.05) is 24.3 Å². The van der Waals surface area contributed by atoms with E-state index in [1.54, 1.807) is 12.3 Å². The Morgan fingerprint density at radius 3 is 2.76 bits per heavy atom. The predicted molar refractivity (Wildman–Crippen MR) is 101 cm³/mol. The van der Waals surface area contributed by atoms with Gasteiger partial charge in [0.1, 0.15) is 11.9 Å². The summed E-state index contributed by atoms with van der Waals surface area (Å²) in [6, 6.07) is 7.74. The van der Waals surface area contributed by atoms with Gasteiger partial charge in [-0.3, -0.25) is 4.98 Å². The van der Waals surface area contributed by atoms with Crippen LogP contribution >= 0.6 is 0 Å².